The lowest BCUT2D eigenvalue weighted by atomic mass is 10.2. The molecule has 0 aromatic heterocycles. The zero-order valence-electron chi connectivity index (χ0n) is 9.50. The van der Waals surface area contributed by atoms with Crippen LogP contribution >= 0.6 is 11.6 Å². The molecule has 2 N–H and O–H groups in total. The summed E-state index contributed by atoms with van der Waals surface area (Å²) >= 11 is 5.91. The Kier molecular flexibility index (Phi) is 4.62. The van der Waals surface area contributed by atoms with Gasteiger partial charge in [-0.1, -0.05) is 25.4 Å². The number of hydrogen-bond acceptors (Lipinski definition) is 3. The number of hydrogen-bond donors (Lipinski definition) is 1. The average molecular weight is 242 g/mol. The highest BCUT2D eigenvalue weighted by Crippen LogP contribution is 2.21. The number of nitrogens with two attached hydrogens (primary N) is 1. The van der Waals surface area contributed by atoms with Gasteiger partial charge in [0.1, 0.15) is 6.10 Å². The maximum Gasteiger partial charge on any atom is 0.339 e. The summed E-state index contributed by atoms with van der Waals surface area (Å²) in [4.78, 5) is 11.8. The Hall–Kier alpha value is -1.22. The van der Waals surface area contributed by atoms with Gasteiger partial charge in [-0.15, -0.1) is 0 Å². The second-order valence-corrected chi connectivity index (χ2v) is 3.99. The van der Waals surface area contributed by atoms with Crippen molar-refractivity contribution < 1.29 is 9.53 Å². The molecule has 0 atom stereocenters. The van der Waals surface area contributed by atoms with E-state index in [4.69, 9.17) is 22.1 Å². The molecule has 0 spiro atoms. The summed E-state index contributed by atoms with van der Waals surface area (Å²) in [6.07, 6.45) is 1.55. The Morgan fingerprint density at radius 1 is 1.44 bits per heavy atom. The van der Waals surface area contributed by atoms with Gasteiger partial charge in [0.25, 0.3) is 0 Å². The van der Waals surface area contributed by atoms with Gasteiger partial charge in [0, 0.05) is 5.69 Å². The number of rotatable bonds is 4. The fourth-order valence-corrected chi connectivity index (χ4v) is 1.63. The van der Waals surface area contributed by atoms with Gasteiger partial charge in [0.15, 0.2) is 0 Å². The molecule has 0 fully saturated rings. The number of benzene rings is 1. The number of carbonyl (C=O) groups is 1. The molecule has 0 saturated carbocycles. The van der Waals surface area contributed by atoms with E-state index in [0.29, 0.717) is 16.3 Å². The van der Waals surface area contributed by atoms with Crippen LogP contribution in [0.2, 0.25) is 5.02 Å². The molecule has 0 saturated heterocycles. The molecule has 3 nitrogen and oxygen atoms in total. The van der Waals surface area contributed by atoms with Gasteiger partial charge in [0.2, 0.25) is 0 Å². The summed E-state index contributed by atoms with van der Waals surface area (Å²) in [5, 5.41) is 0.330. The number of anilines is 1. The first kappa shape index (κ1) is 12.8. The summed E-state index contributed by atoms with van der Waals surface area (Å²) in [5.41, 5.74) is 6.44. The highest BCUT2D eigenvalue weighted by molar-refractivity contribution is 6.33. The maximum absolute atomic E-state index is 11.8. The van der Waals surface area contributed by atoms with E-state index in [1.54, 1.807) is 18.2 Å². The smallest absolute Gasteiger partial charge is 0.339 e. The first-order valence-corrected chi connectivity index (χ1v) is 5.72. The molecule has 0 bridgehead atoms. The number of carbonyl (C=O) groups excluding carboxylic acids is 1. The minimum Gasteiger partial charge on any atom is -0.459 e. The van der Waals surface area contributed by atoms with Crippen molar-refractivity contribution in [2.45, 2.75) is 32.8 Å². The highest BCUT2D eigenvalue weighted by atomic mass is 35.5. The van der Waals surface area contributed by atoms with Crippen LogP contribution in [0.4, 0.5) is 5.69 Å². The van der Waals surface area contributed by atoms with E-state index < -0.39 is 5.97 Å². The van der Waals surface area contributed by atoms with Crippen molar-refractivity contribution in [3.05, 3.63) is 28.8 Å². The fourth-order valence-electron chi connectivity index (χ4n) is 1.37. The summed E-state index contributed by atoms with van der Waals surface area (Å²) in [6.45, 7) is 3.96. The van der Waals surface area contributed by atoms with Gasteiger partial charge >= 0.3 is 5.97 Å². The van der Waals surface area contributed by atoms with E-state index in [9.17, 15) is 4.79 Å². The molecule has 0 aliphatic rings. The Bertz CT molecular complexity index is 375. The fraction of sp³-hybridized carbons (Fsp3) is 0.417. The number of ether oxygens (including phenoxy) is 1. The molecule has 0 radical (unpaired) electrons. The van der Waals surface area contributed by atoms with Crippen LogP contribution in [0.5, 0.6) is 0 Å². The average Bonchev–Trinajstić information content (AvgIpc) is 2.25. The number of esters is 1. The summed E-state index contributed by atoms with van der Waals surface area (Å²) < 4.78 is 5.29. The summed E-state index contributed by atoms with van der Waals surface area (Å²) in [6, 6.07) is 4.77. The molecular formula is C12H16ClNO2. The highest BCUT2D eigenvalue weighted by Gasteiger charge is 2.15. The topological polar surface area (TPSA) is 52.3 Å². The molecular weight excluding hydrogens is 226 g/mol. The van der Waals surface area contributed by atoms with Crippen LogP contribution in [0, 0.1) is 0 Å². The van der Waals surface area contributed by atoms with E-state index in [1.807, 2.05) is 13.8 Å². The Morgan fingerprint density at radius 2 is 2.06 bits per heavy atom. The van der Waals surface area contributed by atoms with Crippen molar-refractivity contribution in [3.8, 4) is 0 Å². The van der Waals surface area contributed by atoms with Crippen LogP contribution in [0.1, 0.15) is 37.0 Å². The number of nitrogen functional groups attached to an aromatic ring is 1. The van der Waals surface area contributed by atoms with E-state index in [-0.39, 0.29) is 6.10 Å². The summed E-state index contributed by atoms with van der Waals surface area (Å²) in [7, 11) is 0. The van der Waals surface area contributed by atoms with E-state index in [2.05, 4.69) is 0 Å². The number of halogens is 1. The molecule has 16 heavy (non-hydrogen) atoms. The van der Waals surface area contributed by atoms with Crippen molar-refractivity contribution in [1.82, 2.24) is 0 Å². The predicted octanol–water partition coefficient (Wildman–Crippen LogP) is 3.27. The molecule has 4 heteroatoms. The lowest BCUT2D eigenvalue weighted by Gasteiger charge is -2.14. The van der Waals surface area contributed by atoms with Crippen LogP contribution in [0.3, 0.4) is 0 Å². The van der Waals surface area contributed by atoms with Crippen molar-refractivity contribution >= 4 is 23.3 Å². The van der Waals surface area contributed by atoms with E-state index >= 15 is 0 Å². The minimum absolute atomic E-state index is 0.0545. The van der Waals surface area contributed by atoms with Crippen LogP contribution < -0.4 is 5.73 Å². The lowest BCUT2D eigenvalue weighted by molar-refractivity contribution is 0.0284. The van der Waals surface area contributed by atoms with E-state index in [1.165, 1.54) is 0 Å². The van der Waals surface area contributed by atoms with Crippen molar-refractivity contribution in [1.29, 1.82) is 0 Å². The third-order valence-corrected chi connectivity index (χ3v) is 2.71. The van der Waals surface area contributed by atoms with Crippen molar-refractivity contribution in [2.75, 3.05) is 5.73 Å². The third kappa shape index (κ3) is 3.14. The Balaban J connectivity index is 2.80. The van der Waals surface area contributed by atoms with Crippen LogP contribution in [0.25, 0.3) is 0 Å². The standard InChI is InChI=1S/C12H16ClNO2/c1-3-9(4-2)16-12(15)10-6-5-8(14)7-11(10)13/h5-7,9H,3-4,14H2,1-2H3. The first-order valence-electron chi connectivity index (χ1n) is 5.34. The summed E-state index contributed by atoms with van der Waals surface area (Å²) in [5.74, 6) is -0.390. The zero-order valence-corrected chi connectivity index (χ0v) is 10.3. The van der Waals surface area contributed by atoms with Crippen LogP contribution in [-0.4, -0.2) is 12.1 Å². The van der Waals surface area contributed by atoms with Crippen molar-refractivity contribution in [3.63, 3.8) is 0 Å². The molecule has 0 aliphatic carbocycles. The van der Waals surface area contributed by atoms with Gasteiger partial charge in [-0.3, -0.25) is 0 Å². The predicted molar refractivity (Wildman–Crippen MR) is 65.6 cm³/mol. The molecule has 1 aromatic rings. The van der Waals surface area contributed by atoms with Gasteiger partial charge in [-0.2, -0.15) is 0 Å². The first-order chi connectivity index (χ1) is 7.58. The lowest BCUT2D eigenvalue weighted by Crippen LogP contribution is -2.16. The monoisotopic (exact) mass is 241 g/mol. The minimum atomic E-state index is -0.390. The quantitative estimate of drug-likeness (QED) is 0.650. The van der Waals surface area contributed by atoms with Gasteiger partial charge < -0.3 is 10.5 Å². The second-order valence-electron chi connectivity index (χ2n) is 3.58. The van der Waals surface area contributed by atoms with Crippen LogP contribution in [0.15, 0.2) is 18.2 Å². The SMILES string of the molecule is CCC(CC)OC(=O)c1ccc(N)cc1Cl. The Morgan fingerprint density at radius 3 is 2.56 bits per heavy atom. The molecule has 1 aromatic carbocycles. The zero-order chi connectivity index (χ0) is 12.1. The van der Waals surface area contributed by atoms with E-state index in [0.717, 1.165) is 12.8 Å². The van der Waals surface area contributed by atoms with Crippen LogP contribution in [-0.2, 0) is 4.74 Å². The van der Waals surface area contributed by atoms with Gasteiger partial charge in [-0.05, 0) is 31.0 Å². The molecule has 0 aliphatic heterocycles. The largest absolute Gasteiger partial charge is 0.459 e. The molecule has 0 heterocycles. The van der Waals surface area contributed by atoms with Gasteiger partial charge in [-0.25, -0.2) is 4.79 Å². The van der Waals surface area contributed by atoms with Gasteiger partial charge in [0.05, 0.1) is 10.6 Å². The third-order valence-electron chi connectivity index (χ3n) is 2.40. The van der Waals surface area contributed by atoms with Crippen molar-refractivity contribution in [2.24, 2.45) is 0 Å². The normalized spacial score (nSPS) is 10.5. The molecule has 1 rings (SSSR count). The molecule has 0 unspecified atom stereocenters. The Labute approximate surface area is 101 Å². The second kappa shape index (κ2) is 5.75. The molecule has 0 amide bonds. The molecule has 88 valence electrons. The maximum atomic E-state index is 11.8.